The molecule has 5 heteroatoms. The Labute approximate surface area is 312 Å². The van der Waals surface area contributed by atoms with Crippen LogP contribution in [0.2, 0.25) is 0 Å². The van der Waals surface area contributed by atoms with E-state index in [9.17, 15) is 5.11 Å². The number of benzene rings is 4. The van der Waals surface area contributed by atoms with Crippen LogP contribution in [0.3, 0.4) is 0 Å². The molecule has 0 aliphatic heterocycles. The number of ether oxygens (including phenoxy) is 3. The molecule has 0 amide bonds. The predicted octanol–water partition coefficient (Wildman–Crippen LogP) is 11.3. The van der Waals surface area contributed by atoms with Gasteiger partial charge in [0.15, 0.2) is 6.29 Å². The fraction of sp³-hybridized carbons (Fsp3) is 0.348. The van der Waals surface area contributed by atoms with Gasteiger partial charge in [-0.2, -0.15) is 0 Å². The molecular weight excluding hydrogens is 649 g/mol. The highest BCUT2D eigenvalue weighted by Crippen LogP contribution is 2.49. The highest BCUT2D eigenvalue weighted by Gasteiger charge is 2.37. The van der Waals surface area contributed by atoms with Crippen molar-refractivity contribution in [1.82, 2.24) is 0 Å². The minimum absolute atomic E-state index is 0.0204. The van der Waals surface area contributed by atoms with Crippen LogP contribution in [0.5, 0.6) is 0 Å². The normalized spacial score (nSPS) is 12.3. The molecule has 0 atom stereocenters. The van der Waals surface area contributed by atoms with Crippen molar-refractivity contribution >= 4 is 11.8 Å². The summed E-state index contributed by atoms with van der Waals surface area (Å²) in [5.74, 6) is 1.80. The minimum Gasteiger partial charge on any atom is -0.393 e. The van der Waals surface area contributed by atoms with Gasteiger partial charge in [-0.3, -0.25) is 0 Å². The van der Waals surface area contributed by atoms with Gasteiger partial charge in [0.25, 0.3) is 0 Å². The van der Waals surface area contributed by atoms with Crippen LogP contribution in [0.4, 0.5) is 0 Å². The second kappa shape index (κ2) is 23.0. The van der Waals surface area contributed by atoms with Gasteiger partial charge in [-0.25, -0.2) is 0 Å². The summed E-state index contributed by atoms with van der Waals surface area (Å²) >= 11 is 2.02. The first-order valence-electron chi connectivity index (χ1n) is 18.0. The summed E-state index contributed by atoms with van der Waals surface area (Å²) in [6.07, 6.45) is 9.84. The highest BCUT2D eigenvalue weighted by atomic mass is 32.2. The fourth-order valence-electron chi connectivity index (χ4n) is 5.36. The first-order valence-corrected chi connectivity index (χ1v) is 19.0. The van der Waals surface area contributed by atoms with Crippen LogP contribution in [-0.2, 0) is 32.2 Å². The lowest BCUT2D eigenvalue weighted by Gasteiger charge is -2.36. The van der Waals surface area contributed by atoms with Crippen LogP contribution >= 0.6 is 11.8 Å². The third kappa shape index (κ3) is 14.4. The van der Waals surface area contributed by atoms with Gasteiger partial charge >= 0.3 is 0 Å². The molecule has 0 fully saturated rings. The van der Waals surface area contributed by atoms with Gasteiger partial charge in [-0.1, -0.05) is 166 Å². The Morgan fingerprint density at radius 3 is 1.63 bits per heavy atom. The largest absolute Gasteiger partial charge is 0.393 e. The maximum absolute atomic E-state index is 9.28. The van der Waals surface area contributed by atoms with Crippen LogP contribution in [-0.4, -0.2) is 36.0 Å². The zero-order valence-corrected chi connectivity index (χ0v) is 32.1. The van der Waals surface area contributed by atoms with Crippen molar-refractivity contribution in [3.63, 3.8) is 0 Å². The fourth-order valence-corrected chi connectivity index (χ4v) is 7.16. The SMILES string of the molecule is C=C/C=C(\C=C/C)C(SCCC(C)C)(c1ccccc1)c1ccccc1.CC(C)(CO)OCCC(OCc1ccccc1)OCc1ccccc1. The molecule has 4 aromatic rings. The molecule has 1 N–H and O–H groups in total. The number of aliphatic hydroxyl groups excluding tert-OH is 1. The van der Waals surface area contributed by atoms with Crippen molar-refractivity contribution in [3.8, 4) is 0 Å². The topological polar surface area (TPSA) is 47.9 Å². The van der Waals surface area contributed by atoms with Gasteiger partial charge in [-0.15, -0.1) is 11.8 Å². The van der Waals surface area contributed by atoms with E-state index in [1.165, 1.54) is 23.1 Å². The third-order valence-electron chi connectivity index (χ3n) is 8.21. The Balaban J connectivity index is 0.000000276. The van der Waals surface area contributed by atoms with Crippen molar-refractivity contribution in [2.24, 2.45) is 5.92 Å². The third-order valence-corrected chi connectivity index (χ3v) is 9.79. The van der Waals surface area contributed by atoms with Crippen molar-refractivity contribution in [3.05, 3.63) is 180 Å². The van der Waals surface area contributed by atoms with Crippen molar-refractivity contribution in [2.45, 2.75) is 77.3 Å². The molecule has 0 saturated carbocycles. The minimum atomic E-state index is -0.552. The van der Waals surface area contributed by atoms with Crippen molar-refractivity contribution in [2.75, 3.05) is 19.0 Å². The highest BCUT2D eigenvalue weighted by molar-refractivity contribution is 8.00. The van der Waals surface area contributed by atoms with Gasteiger partial charge in [0.2, 0.25) is 0 Å². The Hall–Kier alpha value is -3.71. The van der Waals surface area contributed by atoms with Crippen LogP contribution < -0.4 is 0 Å². The molecule has 0 aliphatic carbocycles. The van der Waals surface area contributed by atoms with Crippen LogP contribution in [0.25, 0.3) is 0 Å². The lowest BCUT2D eigenvalue weighted by Crippen LogP contribution is -2.31. The molecule has 51 heavy (non-hydrogen) atoms. The number of rotatable bonds is 20. The summed E-state index contributed by atoms with van der Waals surface area (Å²) in [6, 6.07) is 41.7. The molecule has 0 aliphatic rings. The van der Waals surface area contributed by atoms with Gasteiger partial charge in [0.05, 0.1) is 36.8 Å². The Bertz CT molecular complexity index is 1470. The van der Waals surface area contributed by atoms with E-state index in [1.54, 1.807) is 0 Å². The number of hydrogen-bond acceptors (Lipinski definition) is 5. The summed E-state index contributed by atoms with van der Waals surface area (Å²) < 4.78 is 17.3. The van der Waals surface area contributed by atoms with E-state index < -0.39 is 5.60 Å². The first kappa shape index (κ1) is 41.7. The Kier molecular flexibility index (Phi) is 18.8. The van der Waals surface area contributed by atoms with E-state index >= 15 is 0 Å². The maximum Gasteiger partial charge on any atom is 0.160 e. The van der Waals surface area contributed by atoms with Gasteiger partial charge in [0.1, 0.15) is 0 Å². The van der Waals surface area contributed by atoms with E-state index in [4.69, 9.17) is 14.2 Å². The number of aliphatic hydroxyl groups is 1. The van der Waals surface area contributed by atoms with E-state index in [-0.39, 0.29) is 17.6 Å². The van der Waals surface area contributed by atoms with Crippen molar-refractivity contribution in [1.29, 1.82) is 0 Å². The second-order valence-corrected chi connectivity index (χ2v) is 14.7. The van der Waals surface area contributed by atoms with E-state index in [2.05, 4.69) is 106 Å². The molecule has 0 aromatic heterocycles. The Morgan fingerprint density at radius 2 is 1.22 bits per heavy atom. The average molecular weight is 707 g/mol. The van der Waals surface area contributed by atoms with E-state index in [0.717, 1.165) is 16.9 Å². The molecule has 4 nitrogen and oxygen atoms in total. The number of thioether (sulfide) groups is 1. The monoisotopic (exact) mass is 706 g/mol. The molecule has 272 valence electrons. The summed E-state index contributed by atoms with van der Waals surface area (Å²) in [5.41, 5.74) is 5.54. The number of allylic oxidation sites excluding steroid dienone is 4. The lowest BCUT2D eigenvalue weighted by molar-refractivity contribution is -0.173. The molecule has 4 aromatic carbocycles. The molecule has 0 radical (unpaired) electrons. The molecule has 4 rings (SSSR count). The second-order valence-electron chi connectivity index (χ2n) is 13.4. The summed E-state index contributed by atoms with van der Waals surface area (Å²) in [5, 5.41) is 9.28. The molecule has 0 heterocycles. The molecule has 0 unspecified atom stereocenters. The van der Waals surface area contributed by atoms with Crippen LogP contribution in [0.15, 0.2) is 158 Å². The quantitative estimate of drug-likeness (QED) is 0.0732. The lowest BCUT2D eigenvalue weighted by atomic mass is 9.83. The van der Waals surface area contributed by atoms with Gasteiger partial charge in [0, 0.05) is 6.42 Å². The first-order chi connectivity index (χ1) is 24.7. The summed E-state index contributed by atoms with van der Waals surface area (Å²) in [7, 11) is 0. The molecular formula is C46H58O4S. The maximum atomic E-state index is 9.28. The standard InChI is InChI=1S/C25H30S.C21H28O4/c1-5-13-22(14-6-2)25(26-20-19-21(3)4,23-15-9-7-10-16-23)24-17-11-8-12-18-24;1-21(2,17-22)25-14-13-20(23-15-18-9-5-3-6-10-18)24-16-19-11-7-4-8-12-19/h5-18,21H,1,19-20H2,2-4H3;3-12,20,22H,13-17H2,1-2H3/b14-6-,22-13+;. The molecule has 0 saturated heterocycles. The van der Waals surface area contributed by atoms with E-state index in [1.807, 2.05) is 92.3 Å². The van der Waals surface area contributed by atoms with Gasteiger partial charge < -0.3 is 19.3 Å². The molecule has 0 bridgehead atoms. The average Bonchev–Trinajstić information content (AvgIpc) is 3.16. The smallest absolute Gasteiger partial charge is 0.160 e. The van der Waals surface area contributed by atoms with Crippen LogP contribution in [0.1, 0.15) is 69.7 Å². The molecule has 0 spiro atoms. The zero-order valence-electron chi connectivity index (χ0n) is 31.2. The van der Waals surface area contributed by atoms with E-state index in [0.29, 0.717) is 32.2 Å². The predicted molar refractivity (Wildman–Crippen MR) is 217 cm³/mol. The summed E-state index contributed by atoms with van der Waals surface area (Å²) in [4.78, 5) is 0. The number of hydrogen-bond donors (Lipinski definition) is 1. The van der Waals surface area contributed by atoms with Crippen molar-refractivity contribution < 1.29 is 19.3 Å². The Morgan fingerprint density at radius 1 is 0.745 bits per heavy atom. The van der Waals surface area contributed by atoms with Gasteiger partial charge in [-0.05, 0) is 66.7 Å². The summed E-state index contributed by atoms with van der Waals surface area (Å²) in [6.45, 7) is 15.8. The van der Waals surface area contributed by atoms with Crippen LogP contribution in [0, 0.1) is 5.92 Å². The zero-order chi connectivity index (χ0) is 36.8.